The van der Waals surface area contributed by atoms with Crippen molar-refractivity contribution < 1.29 is 8.42 Å². The van der Waals surface area contributed by atoms with Gasteiger partial charge in [0, 0.05) is 19.0 Å². The lowest BCUT2D eigenvalue weighted by Gasteiger charge is -2.25. The third-order valence-electron chi connectivity index (χ3n) is 3.58. The zero-order valence-electron chi connectivity index (χ0n) is 12.9. The fourth-order valence-corrected chi connectivity index (χ4v) is 4.02. The fourth-order valence-electron chi connectivity index (χ4n) is 2.14. The van der Waals surface area contributed by atoms with Crippen LogP contribution in [0.1, 0.15) is 32.3 Å². The van der Waals surface area contributed by atoms with Gasteiger partial charge in [-0.05, 0) is 11.5 Å². The Bertz CT molecular complexity index is 558. The summed E-state index contributed by atoms with van der Waals surface area (Å²) in [5, 5.41) is 7.41. The standard InChI is InChI=1S/C15H25N3O2S/c1-4-18(10-12(2)15(16)17)21(19,20)11-13(3)14-8-6-5-7-9-14/h5-9,12-13H,4,10-11H2,1-3H3,(H3,16,17). The molecule has 1 rings (SSSR count). The monoisotopic (exact) mass is 311 g/mol. The van der Waals surface area contributed by atoms with Gasteiger partial charge in [0.15, 0.2) is 0 Å². The summed E-state index contributed by atoms with van der Waals surface area (Å²) in [6, 6.07) is 9.61. The molecule has 1 aromatic carbocycles. The largest absolute Gasteiger partial charge is 0.387 e. The van der Waals surface area contributed by atoms with Gasteiger partial charge in [0.2, 0.25) is 10.0 Å². The summed E-state index contributed by atoms with van der Waals surface area (Å²) < 4.78 is 26.5. The van der Waals surface area contributed by atoms with E-state index in [-0.39, 0.29) is 30.0 Å². The molecule has 0 heterocycles. The maximum absolute atomic E-state index is 12.5. The van der Waals surface area contributed by atoms with Gasteiger partial charge in [-0.15, -0.1) is 0 Å². The Morgan fingerprint density at radius 2 is 1.86 bits per heavy atom. The third-order valence-corrected chi connectivity index (χ3v) is 5.70. The lowest BCUT2D eigenvalue weighted by Crippen LogP contribution is -2.40. The predicted molar refractivity (Wildman–Crippen MR) is 87.0 cm³/mol. The molecule has 6 heteroatoms. The van der Waals surface area contributed by atoms with Crippen LogP contribution in [-0.2, 0) is 10.0 Å². The molecular weight excluding hydrogens is 286 g/mol. The van der Waals surface area contributed by atoms with E-state index in [1.807, 2.05) is 37.3 Å². The van der Waals surface area contributed by atoms with Crippen molar-refractivity contribution in [2.75, 3.05) is 18.8 Å². The highest BCUT2D eigenvalue weighted by Crippen LogP contribution is 2.19. The number of nitrogens with zero attached hydrogens (tertiary/aromatic N) is 1. The highest BCUT2D eigenvalue weighted by molar-refractivity contribution is 7.89. The van der Waals surface area contributed by atoms with Gasteiger partial charge in [0.25, 0.3) is 0 Å². The van der Waals surface area contributed by atoms with Crippen LogP contribution in [0.2, 0.25) is 0 Å². The van der Waals surface area contributed by atoms with Crippen molar-refractivity contribution in [1.82, 2.24) is 4.31 Å². The smallest absolute Gasteiger partial charge is 0.214 e. The maximum atomic E-state index is 12.5. The Labute approximate surface area is 127 Å². The Morgan fingerprint density at radius 1 is 1.29 bits per heavy atom. The number of hydrogen-bond donors (Lipinski definition) is 2. The average molecular weight is 311 g/mol. The molecule has 21 heavy (non-hydrogen) atoms. The van der Waals surface area contributed by atoms with E-state index in [0.29, 0.717) is 6.54 Å². The number of benzene rings is 1. The van der Waals surface area contributed by atoms with Crippen molar-refractivity contribution in [2.24, 2.45) is 11.7 Å². The molecule has 0 aromatic heterocycles. The number of hydrogen-bond acceptors (Lipinski definition) is 3. The molecule has 0 saturated carbocycles. The summed E-state index contributed by atoms with van der Waals surface area (Å²) in [4.78, 5) is 0. The summed E-state index contributed by atoms with van der Waals surface area (Å²) in [6.07, 6.45) is 0. The molecule has 0 aliphatic rings. The van der Waals surface area contributed by atoms with E-state index in [0.717, 1.165) is 5.56 Å². The van der Waals surface area contributed by atoms with Crippen molar-refractivity contribution in [3.8, 4) is 0 Å². The molecule has 5 nitrogen and oxygen atoms in total. The van der Waals surface area contributed by atoms with E-state index in [1.54, 1.807) is 13.8 Å². The molecule has 0 bridgehead atoms. The van der Waals surface area contributed by atoms with E-state index in [2.05, 4.69) is 0 Å². The van der Waals surface area contributed by atoms with Crippen molar-refractivity contribution in [1.29, 1.82) is 5.41 Å². The van der Waals surface area contributed by atoms with Crippen LogP contribution >= 0.6 is 0 Å². The number of sulfonamides is 1. The van der Waals surface area contributed by atoms with Gasteiger partial charge in [0.1, 0.15) is 0 Å². The second-order valence-electron chi connectivity index (χ2n) is 5.40. The lowest BCUT2D eigenvalue weighted by molar-refractivity contribution is 0.402. The first-order chi connectivity index (χ1) is 9.77. The SMILES string of the molecule is CCN(CC(C)C(=N)N)S(=O)(=O)CC(C)c1ccccc1. The molecule has 3 N–H and O–H groups in total. The van der Waals surface area contributed by atoms with Crippen LogP contribution < -0.4 is 5.73 Å². The fraction of sp³-hybridized carbons (Fsp3) is 0.533. The minimum absolute atomic E-state index is 0.0137. The number of nitrogens with one attached hydrogen (secondary N) is 1. The van der Waals surface area contributed by atoms with Crippen LogP contribution in [0.25, 0.3) is 0 Å². The molecule has 118 valence electrons. The Hall–Kier alpha value is -1.40. The molecule has 0 fully saturated rings. The van der Waals surface area contributed by atoms with Crippen LogP contribution in [0.15, 0.2) is 30.3 Å². The quantitative estimate of drug-likeness (QED) is 0.568. The molecule has 1 aromatic rings. The van der Waals surface area contributed by atoms with E-state index < -0.39 is 10.0 Å². The van der Waals surface area contributed by atoms with Gasteiger partial charge >= 0.3 is 0 Å². The number of rotatable bonds is 8. The van der Waals surface area contributed by atoms with Crippen LogP contribution in [0.5, 0.6) is 0 Å². The maximum Gasteiger partial charge on any atom is 0.214 e. The summed E-state index contributed by atoms with van der Waals surface area (Å²) in [7, 11) is -3.37. The molecular formula is C15H25N3O2S. The van der Waals surface area contributed by atoms with Gasteiger partial charge in [-0.1, -0.05) is 51.1 Å². The molecule has 0 spiro atoms. The van der Waals surface area contributed by atoms with E-state index in [4.69, 9.17) is 11.1 Å². The average Bonchev–Trinajstić information content (AvgIpc) is 2.44. The molecule has 0 amide bonds. The summed E-state index contributed by atoms with van der Waals surface area (Å²) in [6.45, 7) is 6.13. The van der Waals surface area contributed by atoms with Crippen LogP contribution in [-0.4, -0.2) is 37.4 Å². The van der Waals surface area contributed by atoms with Crippen LogP contribution in [0, 0.1) is 11.3 Å². The lowest BCUT2D eigenvalue weighted by atomic mass is 10.0. The van der Waals surface area contributed by atoms with Gasteiger partial charge < -0.3 is 5.73 Å². The second-order valence-corrected chi connectivity index (χ2v) is 7.41. The Morgan fingerprint density at radius 3 is 2.33 bits per heavy atom. The molecule has 0 saturated heterocycles. The van der Waals surface area contributed by atoms with Crippen molar-refractivity contribution >= 4 is 15.9 Å². The zero-order chi connectivity index (χ0) is 16.0. The molecule has 0 radical (unpaired) electrons. The van der Waals surface area contributed by atoms with Gasteiger partial charge in [-0.25, -0.2) is 12.7 Å². The minimum Gasteiger partial charge on any atom is -0.387 e. The summed E-state index contributed by atoms with van der Waals surface area (Å²) in [5.41, 5.74) is 6.45. The van der Waals surface area contributed by atoms with E-state index >= 15 is 0 Å². The van der Waals surface area contributed by atoms with E-state index in [1.165, 1.54) is 4.31 Å². The van der Waals surface area contributed by atoms with Crippen LogP contribution in [0.3, 0.4) is 0 Å². The van der Waals surface area contributed by atoms with Gasteiger partial charge in [0.05, 0.1) is 11.6 Å². The minimum atomic E-state index is -3.37. The van der Waals surface area contributed by atoms with Crippen molar-refractivity contribution in [3.05, 3.63) is 35.9 Å². The molecule has 2 unspecified atom stereocenters. The molecule has 0 aliphatic carbocycles. The van der Waals surface area contributed by atoms with Crippen molar-refractivity contribution in [2.45, 2.75) is 26.7 Å². The third kappa shape index (κ3) is 5.13. The second kappa shape index (κ2) is 7.56. The number of amidine groups is 1. The highest BCUT2D eigenvalue weighted by atomic mass is 32.2. The van der Waals surface area contributed by atoms with Crippen LogP contribution in [0.4, 0.5) is 0 Å². The Kier molecular flexibility index (Phi) is 6.36. The molecule has 2 atom stereocenters. The summed E-state index contributed by atoms with van der Waals surface area (Å²) in [5.74, 6) is -0.264. The Balaban J connectivity index is 2.81. The highest BCUT2D eigenvalue weighted by Gasteiger charge is 2.25. The first-order valence-electron chi connectivity index (χ1n) is 7.14. The van der Waals surface area contributed by atoms with Gasteiger partial charge in [-0.2, -0.15) is 0 Å². The zero-order valence-corrected chi connectivity index (χ0v) is 13.7. The first-order valence-corrected chi connectivity index (χ1v) is 8.75. The van der Waals surface area contributed by atoms with Crippen molar-refractivity contribution in [3.63, 3.8) is 0 Å². The normalized spacial score (nSPS) is 14.9. The van der Waals surface area contributed by atoms with Gasteiger partial charge in [-0.3, -0.25) is 5.41 Å². The first kappa shape index (κ1) is 17.7. The molecule has 0 aliphatic heterocycles. The van der Waals surface area contributed by atoms with E-state index in [9.17, 15) is 8.42 Å². The predicted octanol–water partition coefficient (Wildman–Crippen LogP) is 2.01. The number of nitrogens with two attached hydrogens (primary N) is 1. The summed E-state index contributed by atoms with van der Waals surface area (Å²) >= 11 is 0. The topological polar surface area (TPSA) is 87.2 Å².